The van der Waals surface area contributed by atoms with Crippen molar-refractivity contribution in [2.24, 2.45) is 5.92 Å². The predicted molar refractivity (Wildman–Crippen MR) is 93.4 cm³/mol. The van der Waals surface area contributed by atoms with Gasteiger partial charge in [-0.15, -0.1) is 11.3 Å². The molecule has 4 heterocycles. The number of aromatic nitrogens is 3. The maximum absolute atomic E-state index is 5.97. The van der Waals surface area contributed by atoms with E-state index in [1.807, 2.05) is 17.5 Å². The first-order chi connectivity index (χ1) is 11.9. The van der Waals surface area contributed by atoms with E-state index in [2.05, 4.69) is 20.3 Å². The fourth-order valence-corrected chi connectivity index (χ4v) is 3.45. The van der Waals surface area contributed by atoms with Gasteiger partial charge in [0.15, 0.2) is 0 Å². The van der Waals surface area contributed by atoms with Crippen molar-refractivity contribution in [3.63, 3.8) is 0 Å². The molecule has 0 aliphatic carbocycles. The molecule has 0 bridgehead atoms. The maximum Gasteiger partial charge on any atom is 0.142 e. The number of anilines is 1. The Hall–Kier alpha value is -2.25. The molecule has 6 nitrogen and oxygen atoms in total. The molecule has 3 aromatic heterocycles. The molecule has 1 unspecified atom stereocenters. The van der Waals surface area contributed by atoms with Crippen LogP contribution < -0.4 is 10.1 Å². The van der Waals surface area contributed by atoms with E-state index in [9.17, 15) is 0 Å². The number of hydrogen-bond acceptors (Lipinski definition) is 7. The summed E-state index contributed by atoms with van der Waals surface area (Å²) in [6, 6.07) is 4.01. The first-order valence-electron chi connectivity index (χ1n) is 7.95. The van der Waals surface area contributed by atoms with Gasteiger partial charge >= 0.3 is 0 Å². The number of hydrogen-bond donors (Lipinski definition) is 1. The quantitative estimate of drug-likeness (QED) is 0.742. The lowest BCUT2D eigenvalue weighted by molar-refractivity contribution is 0.166. The van der Waals surface area contributed by atoms with Gasteiger partial charge in [0.25, 0.3) is 0 Å². The van der Waals surface area contributed by atoms with Gasteiger partial charge < -0.3 is 14.8 Å². The third kappa shape index (κ3) is 3.32. The third-order valence-corrected chi connectivity index (χ3v) is 4.90. The highest BCUT2D eigenvalue weighted by Gasteiger charge is 2.17. The van der Waals surface area contributed by atoms with Crippen molar-refractivity contribution in [3.05, 3.63) is 41.8 Å². The Bertz CT molecular complexity index is 817. The van der Waals surface area contributed by atoms with Crippen molar-refractivity contribution in [2.75, 3.05) is 25.1 Å². The van der Waals surface area contributed by atoms with E-state index < -0.39 is 0 Å². The van der Waals surface area contributed by atoms with Gasteiger partial charge in [0.05, 0.1) is 24.8 Å². The molecular weight excluding hydrogens is 324 g/mol. The van der Waals surface area contributed by atoms with Crippen molar-refractivity contribution in [1.29, 1.82) is 0 Å². The van der Waals surface area contributed by atoms with Crippen molar-refractivity contribution in [1.82, 2.24) is 15.0 Å². The highest BCUT2D eigenvalue weighted by atomic mass is 32.1. The van der Waals surface area contributed by atoms with Gasteiger partial charge in [-0.25, -0.2) is 9.97 Å². The third-order valence-electron chi connectivity index (χ3n) is 4.08. The van der Waals surface area contributed by atoms with E-state index in [1.54, 1.807) is 30.1 Å². The second-order valence-electron chi connectivity index (χ2n) is 5.74. The van der Waals surface area contributed by atoms with Gasteiger partial charge in [-0.05, 0) is 23.9 Å². The molecular formula is C17H18N4O2S. The molecule has 0 aromatic carbocycles. The molecule has 7 heteroatoms. The van der Waals surface area contributed by atoms with Crippen molar-refractivity contribution in [2.45, 2.75) is 13.0 Å². The first-order valence-corrected chi connectivity index (χ1v) is 8.83. The summed E-state index contributed by atoms with van der Waals surface area (Å²) in [6.45, 7) is 2.91. The van der Waals surface area contributed by atoms with Crippen molar-refractivity contribution < 1.29 is 9.47 Å². The Kier molecular flexibility index (Phi) is 4.53. The minimum atomic E-state index is 0.471. The van der Waals surface area contributed by atoms with Gasteiger partial charge in [-0.2, -0.15) is 0 Å². The van der Waals surface area contributed by atoms with Crippen LogP contribution in [-0.4, -0.2) is 34.8 Å². The summed E-state index contributed by atoms with van der Waals surface area (Å²) in [7, 11) is 0. The van der Waals surface area contributed by atoms with Crippen LogP contribution in [0, 0.1) is 5.92 Å². The molecule has 0 amide bonds. The SMILES string of the molecule is c1cc(CNc2ncnc3sccc23)c(OCC2CCOC2)cn1. The number of rotatable bonds is 6. The molecule has 124 valence electrons. The van der Waals surface area contributed by atoms with Crippen molar-refractivity contribution >= 4 is 27.4 Å². The minimum Gasteiger partial charge on any atom is -0.491 e. The Morgan fingerprint density at radius 1 is 1.33 bits per heavy atom. The minimum absolute atomic E-state index is 0.471. The van der Waals surface area contributed by atoms with Crippen molar-refractivity contribution in [3.8, 4) is 5.75 Å². The summed E-state index contributed by atoms with van der Waals surface area (Å²) >= 11 is 1.61. The number of thiophene rings is 1. The summed E-state index contributed by atoms with van der Waals surface area (Å²) in [5.74, 6) is 2.12. The molecule has 1 fully saturated rings. The molecule has 1 aliphatic heterocycles. The molecule has 0 spiro atoms. The van der Waals surface area contributed by atoms with E-state index >= 15 is 0 Å². The molecule has 1 N–H and O–H groups in total. The Morgan fingerprint density at radius 2 is 2.33 bits per heavy atom. The smallest absolute Gasteiger partial charge is 0.142 e. The van der Waals surface area contributed by atoms with Crippen LogP contribution in [-0.2, 0) is 11.3 Å². The molecule has 1 atom stereocenters. The zero-order chi connectivity index (χ0) is 16.2. The molecule has 4 rings (SSSR count). The summed E-state index contributed by atoms with van der Waals surface area (Å²) in [5.41, 5.74) is 1.06. The fourth-order valence-electron chi connectivity index (χ4n) is 2.72. The van der Waals surface area contributed by atoms with E-state index in [1.165, 1.54) is 0 Å². The number of ether oxygens (including phenoxy) is 2. The van der Waals surface area contributed by atoms with Gasteiger partial charge in [0.2, 0.25) is 0 Å². The van der Waals surface area contributed by atoms with Gasteiger partial charge in [-0.3, -0.25) is 4.98 Å². The molecule has 0 saturated carbocycles. The largest absolute Gasteiger partial charge is 0.491 e. The predicted octanol–water partition coefficient (Wildman–Crippen LogP) is 3.11. The number of pyridine rings is 1. The van der Waals surface area contributed by atoms with E-state index in [4.69, 9.17) is 9.47 Å². The standard InChI is InChI=1S/C17H18N4O2S/c1-4-18-8-15(23-10-12-2-5-22-9-12)13(1)7-19-16-14-3-6-24-17(14)21-11-20-16/h1,3-4,6,8,11-12H,2,5,7,9-10H2,(H,19,20,21). The van der Waals surface area contributed by atoms with E-state index in [0.29, 0.717) is 19.1 Å². The normalized spacial score (nSPS) is 17.2. The summed E-state index contributed by atoms with van der Waals surface area (Å²) < 4.78 is 11.4. The molecule has 1 aliphatic rings. The van der Waals surface area contributed by atoms with Crippen LogP contribution in [0.3, 0.4) is 0 Å². The monoisotopic (exact) mass is 342 g/mol. The van der Waals surface area contributed by atoms with Crippen LogP contribution in [0.25, 0.3) is 10.2 Å². The fraction of sp³-hybridized carbons (Fsp3) is 0.353. The summed E-state index contributed by atoms with van der Waals surface area (Å²) in [4.78, 5) is 13.8. The highest BCUT2D eigenvalue weighted by Crippen LogP contribution is 2.25. The molecule has 3 aromatic rings. The highest BCUT2D eigenvalue weighted by molar-refractivity contribution is 7.16. The Balaban J connectivity index is 1.45. The van der Waals surface area contributed by atoms with Crippen LogP contribution in [0.1, 0.15) is 12.0 Å². The van der Waals surface area contributed by atoms with Gasteiger partial charge in [-0.1, -0.05) is 0 Å². The maximum atomic E-state index is 5.97. The second-order valence-corrected chi connectivity index (χ2v) is 6.63. The second kappa shape index (κ2) is 7.11. The van der Waals surface area contributed by atoms with E-state index in [0.717, 1.165) is 47.0 Å². The average Bonchev–Trinajstić information content (AvgIpc) is 3.30. The lowest BCUT2D eigenvalue weighted by Crippen LogP contribution is -2.13. The first kappa shape index (κ1) is 15.3. The van der Waals surface area contributed by atoms with Gasteiger partial charge in [0, 0.05) is 30.8 Å². The number of nitrogens with one attached hydrogen (secondary N) is 1. The molecule has 1 saturated heterocycles. The van der Waals surface area contributed by atoms with Crippen LogP contribution >= 0.6 is 11.3 Å². The molecule has 0 radical (unpaired) electrons. The lowest BCUT2D eigenvalue weighted by Gasteiger charge is -2.14. The van der Waals surface area contributed by atoms with Crippen LogP contribution in [0.15, 0.2) is 36.2 Å². The molecule has 24 heavy (non-hydrogen) atoms. The average molecular weight is 342 g/mol. The lowest BCUT2D eigenvalue weighted by atomic mass is 10.1. The topological polar surface area (TPSA) is 69.2 Å². The number of fused-ring (bicyclic) bond motifs is 1. The zero-order valence-corrected chi connectivity index (χ0v) is 14.0. The zero-order valence-electron chi connectivity index (χ0n) is 13.1. The van der Waals surface area contributed by atoms with Crippen LogP contribution in [0.2, 0.25) is 0 Å². The van der Waals surface area contributed by atoms with E-state index in [-0.39, 0.29) is 0 Å². The van der Waals surface area contributed by atoms with Gasteiger partial charge in [0.1, 0.15) is 22.7 Å². The summed E-state index contributed by atoms with van der Waals surface area (Å²) in [5, 5.41) is 6.45. The Labute approximate surface area is 143 Å². The number of nitrogens with zero attached hydrogens (tertiary/aromatic N) is 3. The van der Waals surface area contributed by atoms with Crippen LogP contribution in [0.4, 0.5) is 5.82 Å². The Morgan fingerprint density at radius 3 is 3.25 bits per heavy atom. The summed E-state index contributed by atoms with van der Waals surface area (Å²) in [6.07, 6.45) is 6.20. The van der Waals surface area contributed by atoms with Crippen LogP contribution in [0.5, 0.6) is 5.75 Å².